The molecule has 0 spiro atoms. The van der Waals surface area contributed by atoms with Gasteiger partial charge < -0.3 is 5.32 Å². The third-order valence-corrected chi connectivity index (χ3v) is 3.42. The van der Waals surface area contributed by atoms with Gasteiger partial charge in [0.25, 0.3) is 0 Å². The molecule has 104 valence electrons. The van der Waals surface area contributed by atoms with Crippen LogP contribution >= 0.6 is 0 Å². The number of carbonyl (C=O) groups is 1. The normalized spacial score (nSPS) is 10.2. The van der Waals surface area contributed by atoms with Crippen molar-refractivity contribution in [3.8, 4) is 0 Å². The van der Waals surface area contributed by atoms with Crippen LogP contribution in [0.25, 0.3) is 0 Å². The first-order valence-electron chi connectivity index (χ1n) is 7.11. The highest BCUT2D eigenvalue weighted by Gasteiger charge is 2.04. The van der Waals surface area contributed by atoms with Crippen molar-refractivity contribution in [1.29, 1.82) is 0 Å². The number of amides is 1. The summed E-state index contributed by atoms with van der Waals surface area (Å²) in [5.74, 6) is 0.104. The molecule has 0 aliphatic carbocycles. The van der Waals surface area contributed by atoms with Gasteiger partial charge in [0.1, 0.15) is 0 Å². The van der Waals surface area contributed by atoms with Gasteiger partial charge in [0.2, 0.25) is 5.91 Å². The molecule has 0 aliphatic rings. The summed E-state index contributed by atoms with van der Waals surface area (Å²) in [5, 5.41) is 2.99. The highest BCUT2D eigenvalue weighted by atomic mass is 16.1. The van der Waals surface area contributed by atoms with Crippen LogP contribution in [0.4, 0.5) is 0 Å². The Balaban J connectivity index is 1.69. The SMILES string of the molecule is Cc1ccccc1CC(=O)NCCCc1ccccc1. The summed E-state index contributed by atoms with van der Waals surface area (Å²) >= 11 is 0. The largest absolute Gasteiger partial charge is 0.356 e. The molecule has 0 fully saturated rings. The average Bonchev–Trinajstić information content (AvgIpc) is 2.47. The molecule has 0 saturated carbocycles. The average molecular weight is 267 g/mol. The summed E-state index contributed by atoms with van der Waals surface area (Å²) in [6.07, 6.45) is 2.45. The molecule has 2 aromatic rings. The van der Waals surface area contributed by atoms with Crippen LogP contribution in [0.2, 0.25) is 0 Å². The lowest BCUT2D eigenvalue weighted by atomic mass is 10.1. The molecule has 0 unspecified atom stereocenters. The van der Waals surface area contributed by atoms with Crippen molar-refractivity contribution in [1.82, 2.24) is 5.32 Å². The van der Waals surface area contributed by atoms with E-state index in [1.807, 2.05) is 49.4 Å². The second-order valence-corrected chi connectivity index (χ2v) is 5.04. The zero-order valence-corrected chi connectivity index (χ0v) is 11.9. The van der Waals surface area contributed by atoms with Crippen molar-refractivity contribution in [3.05, 3.63) is 71.3 Å². The minimum absolute atomic E-state index is 0.104. The van der Waals surface area contributed by atoms with Gasteiger partial charge in [-0.05, 0) is 36.5 Å². The van der Waals surface area contributed by atoms with Crippen LogP contribution in [0.5, 0.6) is 0 Å². The van der Waals surface area contributed by atoms with Crippen molar-refractivity contribution in [3.63, 3.8) is 0 Å². The molecule has 0 radical (unpaired) electrons. The number of carbonyl (C=O) groups excluding carboxylic acids is 1. The fourth-order valence-electron chi connectivity index (χ4n) is 2.21. The Labute approximate surface area is 120 Å². The van der Waals surface area contributed by atoms with E-state index < -0.39 is 0 Å². The Morgan fingerprint density at radius 3 is 2.45 bits per heavy atom. The summed E-state index contributed by atoms with van der Waals surface area (Å²) in [6, 6.07) is 18.4. The molecular formula is C18H21NO. The third-order valence-electron chi connectivity index (χ3n) is 3.42. The van der Waals surface area contributed by atoms with E-state index >= 15 is 0 Å². The predicted molar refractivity (Wildman–Crippen MR) is 82.7 cm³/mol. The first-order valence-corrected chi connectivity index (χ1v) is 7.11. The summed E-state index contributed by atoms with van der Waals surface area (Å²) < 4.78 is 0. The molecule has 1 N–H and O–H groups in total. The zero-order chi connectivity index (χ0) is 14.2. The second kappa shape index (κ2) is 7.49. The van der Waals surface area contributed by atoms with E-state index in [4.69, 9.17) is 0 Å². The van der Waals surface area contributed by atoms with Gasteiger partial charge in [-0.15, -0.1) is 0 Å². The molecule has 2 heteroatoms. The molecule has 0 atom stereocenters. The molecule has 0 aliphatic heterocycles. The monoisotopic (exact) mass is 267 g/mol. The van der Waals surface area contributed by atoms with Crippen molar-refractivity contribution in [2.45, 2.75) is 26.2 Å². The van der Waals surface area contributed by atoms with Gasteiger partial charge in [0.15, 0.2) is 0 Å². The Bertz CT molecular complexity index is 548. The Hall–Kier alpha value is -2.09. The zero-order valence-electron chi connectivity index (χ0n) is 11.9. The van der Waals surface area contributed by atoms with Gasteiger partial charge in [0, 0.05) is 6.54 Å². The second-order valence-electron chi connectivity index (χ2n) is 5.04. The summed E-state index contributed by atoms with van der Waals surface area (Å²) in [7, 11) is 0. The van der Waals surface area contributed by atoms with E-state index in [9.17, 15) is 4.79 Å². The number of benzene rings is 2. The quantitative estimate of drug-likeness (QED) is 0.800. The van der Waals surface area contributed by atoms with Gasteiger partial charge in [-0.25, -0.2) is 0 Å². The van der Waals surface area contributed by atoms with Crippen LogP contribution < -0.4 is 5.32 Å². The molecule has 0 heterocycles. The highest BCUT2D eigenvalue weighted by Crippen LogP contribution is 2.07. The van der Waals surface area contributed by atoms with E-state index in [0.717, 1.165) is 24.9 Å². The Morgan fingerprint density at radius 1 is 1.00 bits per heavy atom. The topological polar surface area (TPSA) is 29.1 Å². The van der Waals surface area contributed by atoms with E-state index in [0.29, 0.717) is 6.42 Å². The number of hydrogen-bond donors (Lipinski definition) is 1. The lowest BCUT2D eigenvalue weighted by Crippen LogP contribution is -2.26. The first kappa shape index (κ1) is 14.3. The van der Waals surface area contributed by atoms with Crippen LogP contribution in [0, 0.1) is 6.92 Å². The van der Waals surface area contributed by atoms with E-state index in [1.165, 1.54) is 11.1 Å². The maximum atomic E-state index is 11.9. The van der Waals surface area contributed by atoms with Crippen molar-refractivity contribution < 1.29 is 4.79 Å². The molecule has 0 bridgehead atoms. The molecule has 0 aromatic heterocycles. The van der Waals surface area contributed by atoms with Crippen molar-refractivity contribution in [2.75, 3.05) is 6.54 Å². The maximum Gasteiger partial charge on any atom is 0.224 e. The molecular weight excluding hydrogens is 246 g/mol. The van der Waals surface area contributed by atoms with E-state index in [-0.39, 0.29) is 5.91 Å². The first-order chi connectivity index (χ1) is 9.75. The molecule has 2 nitrogen and oxygen atoms in total. The summed E-state index contributed by atoms with van der Waals surface area (Å²) in [6.45, 7) is 2.78. The number of nitrogens with one attached hydrogen (secondary N) is 1. The third kappa shape index (κ3) is 4.54. The fraction of sp³-hybridized carbons (Fsp3) is 0.278. The Morgan fingerprint density at radius 2 is 1.70 bits per heavy atom. The molecule has 20 heavy (non-hydrogen) atoms. The summed E-state index contributed by atoms with van der Waals surface area (Å²) in [4.78, 5) is 11.9. The molecule has 1 amide bonds. The fourth-order valence-corrected chi connectivity index (χ4v) is 2.21. The van der Waals surface area contributed by atoms with Gasteiger partial charge in [-0.3, -0.25) is 4.79 Å². The highest BCUT2D eigenvalue weighted by molar-refractivity contribution is 5.78. The van der Waals surface area contributed by atoms with Crippen molar-refractivity contribution in [2.24, 2.45) is 0 Å². The lowest BCUT2D eigenvalue weighted by molar-refractivity contribution is -0.120. The lowest BCUT2D eigenvalue weighted by Gasteiger charge is -2.07. The van der Waals surface area contributed by atoms with Gasteiger partial charge in [-0.2, -0.15) is 0 Å². The van der Waals surface area contributed by atoms with E-state index in [2.05, 4.69) is 17.4 Å². The molecule has 2 aromatic carbocycles. The summed E-state index contributed by atoms with van der Waals surface area (Å²) in [5.41, 5.74) is 3.60. The van der Waals surface area contributed by atoms with Crippen molar-refractivity contribution >= 4 is 5.91 Å². The van der Waals surface area contributed by atoms with Crippen LogP contribution in [-0.2, 0) is 17.6 Å². The predicted octanol–water partition coefficient (Wildman–Crippen LogP) is 3.29. The minimum atomic E-state index is 0.104. The number of rotatable bonds is 6. The minimum Gasteiger partial charge on any atom is -0.356 e. The van der Waals surface area contributed by atoms with Crippen LogP contribution in [-0.4, -0.2) is 12.5 Å². The van der Waals surface area contributed by atoms with Gasteiger partial charge in [0.05, 0.1) is 6.42 Å². The molecule has 2 rings (SSSR count). The molecule has 0 saturated heterocycles. The number of aryl methyl sites for hydroxylation is 2. The smallest absolute Gasteiger partial charge is 0.224 e. The number of hydrogen-bond acceptors (Lipinski definition) is 1. The van der Waals surface area contributed by atoms with Crippen LogP contribution in [0.3, 0.4) is 0 Å². The standard InChI is InChI=1S/C18H21NO/c1-15-8-5-6-12-17(15)14-18(20)19-13-7-11-16-9-3-2-4-10-16/h2-6,8-10,12H,7,11,13-14H2,1H3,(H,19,20). The van der Waals surface area contributed by atoms with Crippen LogP contribution in [0.15, 0.2) is 54.6 Å². The van der Waals surface area contributed by atoms with Crippen LogP contribution in [0.1, 0.15) is 23.1 Å². The van der Waals surface area contributed by atoms with Gasteiger partial charge in [-0.1, -0.05) is 54.6 Å². The Kier molecular flexibility index (Phi) is 5.36. The maximum absolute atomic E-state index is 11.9. The van der Waals surface area contributed by atoms with E-state index in [1.54, 1.807) is 0 Å². The van der Waals surface area contributed by atoms with Gasteiger partial charge >= 0.3 is 0 Å².